The third-order valence-electron chi connectivity index (χ3n) is 3.17. The van der Waals surface area contributed by atoms with Crippen molar-refractivity contribution in [3.63, 3.8) is 0 Å². The molecule has 0 bridgehead atoms. The summed E-state index contributed by atoms with van der Waals surface area (Å²) in [5, 5.41) is 3.37. The minimum absolute atomic E-state index is 0.112. The fraction of sp³-hybridized carbons (Fsp3) is 0.867. The lowest BCUT2D eigenvalue weighted by Gasteiger charge is -2.04. The molecule has 0 heterocycles. The molecule has 0 saturated heterocycles. The normalized spacial score (nSPS) is 10.3. The third-order valence-corrected chi connectivity index (χ3v) is 3.17. The van der Waals surface area contributed by atoms with Crippen LogP contribution in [0.3, 0.4) is 0 Å². The van der Waals surface area contributed by atoms with Gasteiger partial charge in [-0.3, -0.25) is 9.59 Å². The van der Waals surface area contributed by atoms with Crippen molar-refractivity contribution >= 4 is 11.9 Å². The first-order chi connectivity index (χ1) is 9.70. The molecule has 0 aliphatic rings. The van der Waals surface area contributed by atoms with Gasteiger partial charge in [-0.05, 0) is 38.8 Å². The van der Waals surface area contributed by atoms with Gasteiger partial charge in [-0.2, -0.15) is 0 Å². The molecule has 0 rings (SSSR count). The SMILES string of the molecule is COC(=O)CCCCCCCNCCCCC(=O)OC. The van der Waals surface area contributed by atoms with Gasteiger partial charge >= 0.3 is 11.9 Å². The van der Waals surface area contributed by atoms with Gasteiger partial charge in [0.1, 0.15) is 0 Å². The summed E-state index contributed by atoms with van der Waals surface area (Å²) < 4.78 is 9.16. The molecule has 20 heavy (non-hydrogen) atoms. The maximum absolute atomic E-state index is 10.9. The van der Waals surface area contributed by atoms with E-state index in [2.05, 4.69) is 14.8 Å². The van der Waals surface area contributed by atoms with Crippen LogP contribution in [0, 0.1) is 0 Å². The number of hydrogen-bond acceptors (Lipinski definition) is 5. The molecule has 0 atom stereocenters. The zero-order chi connectivity index (χ0) is 15.1. The number of rotatable bonds is 13. The Balaban J connectivity index is 3.06. The number of methoxy groups -OCH3 is 2. The highest BCUT2D eigenvalue weighted by Gasteiger charge is 2.00. The Morgan fingerprint density at radius 2 is 1.10 bits per heavy atom. The molecule has 118 valence electrons. The summed E-state index contributed by atoms with van der Waals surface area (Å²) in [5.74, 6) is -0.240. The molecule has 0 aromatic carbocycles. The maximum Gasteiger partial charge on any atom is 0.305 e. The first-order valence-corrected chi connectivity index (χ1v) is 7.55. The maximum atomic E-state index is 10.9. The van der Waals surface area contributed by atoms with Crippen molar-refractivity contribution < 1.29 is 19.1 Å². The average Bonchev–Trinajstić information content (AvgIpc) is 2.47. The van der Waals surface area contributed by atoms with Gasteiger partial charge in [-0.15, -0.1) is 0 Å². The number of unbranched alkanes of at least 4 members (excludes halogenated alkanes) is 5. The summed E-state index contributed by atoms with van der Waals surface area (Å²) >= 11 is 0. The molecule has 0 spiro atoms. The fourth-order valence-electron chi connectivity index (χ4n) is 1.90. The van der Waals surface area contributed by atoms with Crippen molar-refractivity contribution in [2.75, 3.05) is 27.3 Å². The second kappa shape index (κ2) is 14.3. The summed E-state index contributed by atoms with van der Waals surface area (Å²) in [6.45, 7) is 1.98. The number of ether oxygens (including phenoxy) is 2. The lowest BCUT2D eigenvalue weighted by Crippen LogP contribution is -2.17. The van der Waals surface area contributed by atoms with Crippen LogP contribution in [-0.4, -0.2) is 39.2 Å². The topological polar surface area (TPSA) is 64.6 Å². The smallest absolute Gasteiger partial charge is 0.305 e. The van der Waals surface area contributed by atoms with Crippen molar-refractivity contribution in [2.45, 2.75) is 57.8 Å². The van der Waals surface area contributed by atoms with Gasteiger partial charge < -0.3 is 14.8 Å². The largest absolute Gasteiger partial charge is 0.469 e. The van der Waals surface area contributed by atoms with Crippen LogP contribution in [-0.2, 0) is 19.1 Å². The average molecular weight is 287 g/mol. The van der Waals surface area contributed by atoms with Crippen LogP contribution in [0.4, 0.5) is 0 Å². The molecule has 0 saturated carbocycles. The highest BCUT2D eigenvalue weighted by Crippen LogP contribution is 2.05. The van der Waals surface area contributed by atoms with E-state index in [1.807, 2.05) is 0 Å². The summed E-state index contributed by atoms with van der Waals surface area (Å²) in [4.78, 5) is 21.7. The molecule has 0 aromatic heterocycles. The Morgan fingerprint density at radius 3 is 1.65 bits per heavy atom. The van der Waals surface area contributed by atoms with E-state index >= 15 is 0 Å². The van der Waals surface area contributed by atoms with Crippen LogP contribution >= 0.6 is 0 Å². The zero-order valence-corrected chi connectivity index (χ0v) is 12.9. The molecule has 5 nitrogen and oxygen atoms in total. The van der Waals surface area contributed by atoms with Crippen LogP contribution in [0.5, 0.6) is 0 Å². The van der Waals surface area contributed by atoms with E-state index in [4.69, 9.17) is 0 Å². The van der Waals surface area contributed by atoms with Gasteiger partial charge in [-0.25, -0.2) is 0 Å². The van der Waals surface area contributed by atoms with Gasteiger partial charge in [0.2, 0.25) is 0 Å². The Hall–Kier alpha value is -1.10. The molecule has 0 amide bonds. The van der Waals surface area contributed by atoms with Crippen LogP contribution in [0.25, 0.3) is 0 Å². The fourth-order valence-corrected chi connectivity index (χ4v) is 1.90. The highest BCUT2D eigenvalue weighted by atomic mass is 16.5. The Bertz CT molecular complexity index is 230. The molecule has 1 N–H and O–H groups in total. The number of esters is 2. The molecular weight excluding hydrogens is 258 g/mol. The Morgan fingerprint density at radius 1 is 0.700 bits per heavy atom. The predicted octanol–water partition coefficient (Wildman–Crippen LogP) is 2.43. The minimum Gasteiger partial charge on any atom is -0.469 e. The highest BCUT2D eigenvalue weighted by molar-refractivity contribution is 5.69. The predicted molar refractivity (Wildman–Crippen MR) is 78.5 cm³/mol. The summed E-state index contributed by atoms with van der Waals surface area (Å²) in [6.07, 6.45) is 8.48. The van der Waals surface area contributed by atoms with Crippen LogP contribution in [0.15, 0.2) is 0 Å². The second-order valence-corrected chi connectivity index (χ2v) is 4.88. The van der Waals surface area contributed by atoms with Gasteiger partial charge in [0.15, 0.2) is 0 Å². The van der Waals surface area contributed by atoms with E-state index in [0.29, 0.717) is 12.8 Å². The standard InChI is InChI=1S/C15H29NO4/c1-19-14(17)10-6-4-3-5-8-12-16-13-9-7-11-15(18)20-2/h16H,3-13H2,1-2H3. The molecule has 5 heteroatoms. The first kappa shape index (κ1) is 18.9. The number of nitrogens with one attached hydrogen (secondary N) is 1. The van der Waals surface area contributed by atoms with Crippen molar-refractivity contribution in [3.05, 3.63) is 0 Å². The van der Waals surface area contributed by atoms with Gasteiger partial charge in [0, 0.05) is 12.8 Å². The van der Waals surface area contributed by atoms with Crippen molar-refractivity contribution in [1.82, 2.24) is 5.32 Å². The lowest BCUT2D eigenvalue weighted by molar-refractivity contribution is -0.141. The van der Waals surface area contributed by atoms with Gasteiger partial charge in [0.05, 0.1) is 14.2 Å². The van der Waals surface area contributed by atoms with Crippen LogP contribution in [0.2, 0.25) is 0 Å². The molecule has 0 aliphatic heterocycles. The quantitative estimate of drug-likeness (QED) is 0.416. The van der Waals surface area contributed by atoms with Gasteiger partial charge in [-0.1, -0.05) is 19.3 Å². The second-order valence-electron chi connectivity index (χ2n) is 4.88. The number of carbonyl (C=O) groups is 2. The molecule has 0 unspecified atom stereocenters. The van der Waals surface area contributed by atoms with Crippen molar-refractivity contribution in [3.8, 4) is 0 Å². The summed E-state index contributed by atoms with van der Waals surface area (Å²) in [5.41, 5.74) is 0. The van der Waals surface area contributed by atoms with E-state index < -0.39 is 0 Å². The van der Waals surface area contributed by atoms with E-state index in [9.17, 15) is 9.59 Å². The molecule has 0 aliphatic carbocycles. The minimum atomic E-state index is -0.128. The Labute approximate surface area is 122 Å². The van der Waals surface area contributed by atoms with Crippen molar-refractivity contribution in [1.29, 1.82) is 0 Å². The van der Waals surface area contributed by atoms with E-state index in [0.717, 1.165) is 45.2 Å². The van der Waals surface area contributed by atoms with Crippen molar-refractivity contribution in [2.24, 2.45) is 0 Å². The molecule has 0 aromatic rings. The molecular formula is C15H29NO4. The van der Waals surface area contributed by atoms with E-state index in [1.165, 1.54) is 27.1 Å². The van der Waals surface area contributed by atoms with E-state index in [1.54, 1.807) is 0 Å². The summed E-state index contributed by atoms with van der Waals surface area (Å²) in [6, 6.07) is 0. The first-order valence-electron chi connectivity index (χ1n) is 7.55. The molecule has 0 fully saturated rings. The lowest BCUT2D eigenvalue weighted by atomic mass is 10.1. The monoisotopic (exact) mass is 287 g/mol. The van der Waals surface area contributed by atoms with Crippen LogP contribution in [0.1, 0.15) is 57.8 Å². The van der Waals surface area contributed by atoms with Crippen LogP contribution < -0.4 is 5.32 Å². The third kappa shape index (κ3) is 13.3. The van der Waals surface area contributed by atoms with E-state index in [-0.39, 0.29) is 11.9 Å². The number of hydrogen-bond donors (Lipinski definition) is 1. The Kier molecular flexibility index (Phi) is 13.5. The summed E-state index contributed by atoms with van der Waals surface area (Å²) in [7, 11) is 2.85. The number of carbonyl (C=O) groups excluding carboxylic acids is 2. The molecule has 0 radical (unpaired) electrons. The zero-order valence-electron chi connectivity index (χ0n) is 12.9. The van der Waals surface area contributed by atoms with Gasteiger partial charge in [0.25, 0.3) is 0 Å².